The van der Waals surface area contributed by atoms with E-state index >= 15 is 0 Å². The topological polar surface area (TPSA) is 0 Å². The van der Waals surface area contributed by atoms with E-state index in [1.807, 2.05) is 0 Å². The Kier molecular flexibility index (Phi) is 2.66. The second-order valence-corrected chi connectivity index (χ2v) is 5.58. The molecule has 0 amide bonds. The van der Waals surface area contributed by atoms with Crippen LogP contribution in [0.2, 0.25) is 0 Å². The third kappa shape index (κ3) is 1.76. The molecule has 0 bridgehead atoms. The van der Waals surface area contributed by atoms with Gasteiger partial charge in [-0.05, 0) is 32.6 Å². The van der Waals surface area contributed by atoms with E-state index in [9.17, 15) is 0 Å². The molecule has 17 heavy (non-hydrogen) atoms. The summed E-state index contributed by atoms with van der Waals surface area (Å²) in [4.78, 5) is 0. The van der Waals surface area contributed by atoms with Crippen molar-refractivity contribution in [3.8, 4) is 0 Å². The number of fused-ring (bicyclic) bond motifs is 1. The van der Waals surface area contributed by atoms with E-state index in [1.54, 1.807) is 11.1 Å². The maximum Gasteiger partial charge on any atom is 0.00516 e. The quantitative estimate of drug-likeness (QED) is 0.572. The Hall–Kier alpha value is -1.30. The molecule has 0 heteroatoms. The lowest BCUT2D eigenvalue weighted by Gasteiger charge is -2.20. The van der Waals surface area contributed by atoms with E-state index in [2.05, 4.69) is 56.4 Å². The normalized spacial score (nSPS) is 34.1. The molecular formula is C17H20. The summed E-state index contributed by atoms with van der Waals surface area (Å²) in [6, 6.07) is 0. The predicted molar refractivity (Wildman–Crippen MR) is 73.6 cm³/mol. The Labute approximate surface area is 104 Å². The number of hydrogen-bond donors (Lipinski definition) is 0. The zero-order valence-electron chi connectivity index (χ0n) is 10.7. The first-order valence-electron chi connectivity index (χ1n) is 6.65. The summed E-state index contributed by atoms with van der Waals surface area (Å²) in [5.41, 5.74) is 4.83. The van der Waals surface area contributed by atoms with Gasteiger partial charge in [-0.15, -0.1) is 0 Å². The van der Waals surface area contributed by atoms with E-state index in [0.29, 0.717) is 11.8 Å². The van der Waals surface area contributed by atoms with Crippen molar-refractivity contribution in [3.05, 3.63) is 59.3 Å². The lowest BCUT2D eigenvalue weighted by atomic mass is 9.85. The summed E-state index contributed by atoms with van der Waals surface area (Å²) in [6.45, 7) is 4.56. The predicted octanol–water partition coefficient (Wildman–Crippen LogP) is 4.59. The van der Waals surface area contributed by atoms with Crippen LogP contribution < -0.4 is 0 Å². The van der Waals surface area contributed by atoms with Crippen molar-refractivity contribution in [2.45, 2.75) is 26.7 Å². The third-order valence-corrected chi connectivity index (χ3v) is 4.32. The van der Waals surface area contributed by atoms with Crippen molar-refractivity contribution < 1.29 is 0 Å². The van der Waals surface area contributed by atoms with Crippen LogP contribution in [-0.2, 0) is 0 Å². The van der Waals surface area contributed by atoms with Gasteiger partial charge >= 0.3 is 0 Å². The highest BCUT2D eigenvalue weighted by molar-refractivity contribution is 5.41. The van der Waals surface area contributed by atoms with Crippen molar-refractivity contribution >= 4 is 0 Å². The molecule has 3 atom stereocenters. The van der Waals surface area contributed by atoms with E-state index in [-0.39, 0.29) is 0 Å². The van der Waals surface area contributed by atoms with Gasteiger partial charge in [0.05, 0.1) is 0 Å². The van der Waals surface area contributed by atoms with Gasteiger partial charge in [0, 0.05) is 11.8 Å². The molecule has 3 aliphatic carbocycles. The van der Waals surface area contributed by atoms with E-state index in [1.165, 1.54) is 12.0 Å². The summed E-state index contributed by atoms with van der Waals surface area (Å²) < 4.78 is 0. The average Bonchev–Trinajstić information content (AvgIpc) is 2.95. The van der Waals surface area contributed by atoms with Crippen LogP contribution >= 0.6 is 0 Å². The molecule has 0 aromatic rings. The molecule has 0 saturated heterocycles. The zero-order valence-corrected chi connectivity index (χ0v) is 10.7. The smallest absolute Gasteiger partial charge is 0.00516 e. The van der Waals surface area contributed by atoms with Crippen LogP contribution in [0.1, 0.15) is 26.7 Å². The van der Waals surface area contributed by atoms with E-state index in [0.717, 1.165) is 12.3 Å². The second kappa shape index (κ2) is 4.18. The second-order valence-electron chi connectivity index (χ2n) is 5.58. The maximum absolute atomic E-state index is 2.40. The van der Waals surface area contributed by atoms with Gasteiger partial charge in [0.15, 0.2) is 0 Å². The van der Waals surface area contributed by atoms with Crippen molar-refractivity contribution in [1.82, 2.24) is 0 Å². The van der Waals surface area contributed by atoms with Gasteiger partial charge in [-0.2, -0.15) is 0 Å². The van der Waals surface area contributed by atoms with Crippen LogP contribution in [0.3, 0.4) is 0 Å². The third-order valence-electron chi connectivity index (χ3n) is 4.32. The van der Waals surface area contributed by atoms with Gasteiger partial charge in [0.25, 0.3) is 0 Å². The monoisotopic (exact) mass is 224 g/mol. The fraction of sp³-hybridized carbons (Fsp3) is 0.412. The minimum atomic E-state index is 0.663. The SMILES string of the molecule is CC(C)=C1C(C2=CC=CC2)CC2C=CC=CC12. The number of allylic oxidation sites excluding steroid dienone is 10. The molecule has 1 fully saturated rings. The summed E-state index contributed by atoms with van der Waals surface area (Å²) in [7, 11) is 0. The lowest BCUT2D eigenvalue weighted by molar-refractivity contribution is 0.568. The summed E-state index contributed by atoms with van der Waals surface area (Å²) in [5, 5.41) is 0. The van der Waals surface area contributed by atoms with Crippen LogP contribution in [0.5, 0.6) is 0 Å². The molecule has 3 aliphatic rings. The summed E-state index contributed by atoms with van der Waals surface area (Å²) >= 11 is 0. The number of hydrogen-bond acceptors (Lipinski definition) is 0. The van der Waals surface area contributed by atoms with E-state index in [4.69, 9.17) is 0 Å². The highest BCUT2D eigenvalue weighted by Gasteiger charge is 2.38. The molecule has 0 nitrogen and oxygen atoms in total. The van der Waals surface area contributed by atoms with Crippen molar-refractivity contribution in [2.75, 3.05) is 0 Å². The van der Waals surface area contributed by atoms with Crippen LogP contribution in [0.15, 0.2) is 59.3 Å². The van der Waals surface area contributed by atoms with Crippen LogP contribution in [0.25, 0.3) is 0 Å². The molecule has 88 valence electrons. The molecule has 0 heterocycles. The van der Waals surface area contributed by atoms with Gasteiger partial charge in [-0.1, -0.05) is 59.3 Å². The first kappa shape index (κ1) is 10.8. The summed E-state index contributed by atoms with van der Waals surface area (Å²) in [5.74, 6) is 2.09. The Morgan fingerprint density at radius 2 is 1.94 bits per heavy atom. The minimum absolute atomic E-state index is 0.663. The van der Waals surface area contributed by atoms with E-state index < -0.39 is 0 Å². The van der Waals surface area contributed by atoms with Gasteiger partial charge in [-0.3, -0.25) is 0 Å². The Morgan fingerprint density at radius 1 is 1.12 bits per heavy atom. The minimum Gasteiger partial charge on any atom is -0.0805 e. The molecule has 3 unspecified atom stereocenters. The standard InChI is InChI=1S/C17H20/c1-12(2)17-15-10-6-5-9-14(15)11-16(17)13-7-3-4-8-13/h3-7,9-10,14-16H,8,11H2,1-2H3. The fourth-order valence-corrected chi connectivity index (χ4v) is 3.60. The molecule has 3 rings (SSSR count). The zero-order chi connectivity index (χ0) is 11.8. The number of rotatable bonds is 1. The molecule has 1 saturated carbocycles. The van der Waals surface area contributed by atoms with Crippen LogP contribution in [0, 0.1) is 17.8 Å². The Bertz CT molecular complexity index is 464. The van der Waals surface area contributed by atoms with Crippen LogP contribution in [0.4, 0.5) is 0 Å². The molecular weight excluding hydrogens is 204 g/mol. The van der Waals surface area contributed by atoms with Crippen LogP contribution in [-0.4, -0.2) is 0 Å². The first-order valence-corrected chi connectivity index (χ1v) is 6.65. The molecule has 0 radical (unpaired) electrons. The maximum atomic E-state index is 2.40. The molecule has 0 N–H and O–H groups in total. The molecule has 0 aromatic heterocycles. The molecule has 0 aliphatic heterocycles. The molecule has 0 spiro atoms. The average molecular weight is 224 g/mol. The highest BCUT2D eigenvalue weighted by atomic mass is 14.4. The van der Waals surface area contributed by atoms with Crippen molar-refractivity contribution in [1.29, 1.82) is 0 Å². The largest absolute Gasteiger partial charge is 0.0805 e. The lowest BCUT2D eigenvalue weighted by Crippen LogP contribution is -2.08. The van der Waals surface area contributed by atoms with Crippen molar-refractivity contribution in [2.24, 2.45) is 17.8 Å². The van der Waals surface area contributed by atoms with Gasteiger partial charge in [0.2, 0.25) is 0 Å². The van der Waals surface area contributed by atoms with Gasteiger partial charge < -0.3 is 0 Å². The summed E-state index contributed by atoms with van der Waals surface area (Å²) in [6.07, 6.45) is 18.5. The first-order chi connectivity index (χ1) is 8.27. The fourth-order valence-electron chi connectivity index (χ4n) is 3.60. The van der Waals surface area contributed by atoms with Crippen molar-refractivity contribution in [3.63, 3.8) is 0 Å². The Morgan fingerprint density at radius 3 is 2.65 bits per heavy atom. The Balaban J connectivity index is 1.97. The van der Waals surface area contributed by atoms with Gasteiger partial charge in [-0.25, -0.2) is 0 Å². The molecule has 0 aromatic carbocycles. The van der Waals surface area contributed by atoms with Gasteiger partial charge in [0.1, 0.15) is 0 Å². The highest BCUT2D eigenvalue weighted by Crippen LogP contribution is 2.49.